The van der Waals surface area contributed by atoms with Gasteiger partial charge in [0.25, 0.3) is 0 Å². The largest absolute Gasteiger partial charge is 0.369 e. The average Bonchev–Trinajstić information content (AvgIpc) is 3.11. The Hall–Kier alpha value is -1.92. The van der Waals surface area contributed by atoms with E-state index in [1.165, 1.54) is 12.8 Å². The van der Waals surface area contributed by atoms with Gasteiger partial charge < -0.3 is 16.4 Å². The van der Waals surface area contributed by atoms with E-state index in [-0.39, 0.29) is 17.3 Å². The van der Waals surface area contributed by atoms with Crippen molar-refractivity contribution in [2.45, 2.75) is 50.4 Å². The Kier molecular flexibility index (Phi) is 4.94. The number of pyridine rings is 1. The highest BCUT2D eigenvalue weighted by atomic mass is 35.5. The van der Waals surface area contributed by atoms with Crippen LogP contribution in [0.25, 0.3) is 0 Å². The van der Waals surface area contributed by atoms with Gasteiger partial charge in [-0.15, -0.1) is 0 Å². The highest BCUT2D eigenvalue weighted by Crippen LogP contribution is 2.80. The van der Waals surface area contributed by atoms with Crippen molar-refractivity contribution in [1.82, 2.24) is 9.88 Å². The SMILES string of the molecule is NC(=O)[C@]1(CCCCN2CCCC2)[C@@H]2C=C[C@@H](C23CC3)[C@@]1(C(N)=O)c1ccc(Cl)nc1. The van der Waals surface area contributed by atoms with Crippen LogP contribution < -0.4 is 11.5 Å². The van der Waals surface area contributed by atoms with Crippen molar-refractivity contribution in [1.29, 1.82) is 0 Å². The fraction of sp³-hybridized carbons (Fsp3) is 0.625. The van der Waals surface area contributed by atoms with Crippen LogP contribution in [0.1, 0.15) is 50.5 Å². The Bertz CT molecular complexity index is 922. The molecule has 1 aromatic rings. The lowest BCUT2D eigenvalue weighted by Crippen LogP contribution is -2.62. The van der Waals surface area contributed by atoms with Crippen molar-refractivity contribution in [3.8, 4) is 0 Å². The van der Waals surface area contributed by atoms with Crippen LogP contribution in [0.4, 0.5) is 0 Å². The second-order valence-corrected chi connectivity index (χ2v) is 10.3. The Labute approximate surface area is 188 Å². The number of halogens is 1. The molecule has 3 aliphatic carbocycles. The number of unbranched alkanes of at least 4 members (excludes halogenated alkanes) is 1. The number of likely N-dealkylation sites (tertiary alicyclic amines) is 1. The van der Waals surface area contributed by atoms with Crippen LogP contribution in [0.2, 0.25) is 5.15 Å². The first-order chi connectivity index (χ1) is 14.9. The minimum Gasteiger partial charge on any atom is -0.369 e. The second kappa shape index (κ2) is 7.31. The molecule has 4 aliphatic rings. The maximum Gasteiger partial charge on any atom is 0.229 e. The molecule has 6 nitrogen and oxygen atoms in total. The number of carbonyl (C=O) groups excluding carboxylic acids is 2. The zero-order valence-corrected chi connectivity index (χ0v) is 18.6. The third-order valence-corrected chi connectivity index (χ3v) is 8.99. The van der Waals surface area contributed by atoms with E-state index in [4.69, 9.17) is 23.1 Å². The van der Waals surface area contributed by atoms with Crippen molar-refractivity contribution < 1.29 is 9.59 Å². The fourth-order valence-electron chi connectivity index (χ4n) is 7.45. The molecular formula is C24H31ClN4O2. The summed E-state index contributed by atoms with van der Waals surface area (Å²) in [5, 5.41) is 0.346. The van der Waals surface area contributed by atoms with Crippen molar-refractivity contribution in [2.24, 2.45) is 34.1 Å². The van der Waals surface area contributed by atoms with Crippen LogP contribution in [0.5, 0.6) is 0 Å². The maximum atomic E-state index is 13.4. The summed E-state index contributed by atoms with van der Waals surface area (Å²) in [6.45, 7) is 3.33. The third-order valence-electron chi connectivity index (χ3n) is 8.77. The van der Waals surface area contributed by atoms with Gasteiger partial charge in [-0.25, -0.2) is 4.98 Å². The number of carbonyl (C=O) groups is 2. The molecule has 0 radical (unpaired) electrons. The standard InChI is InChI=1S/C24H31ClN4O2/c25-19-8-5-16(15-28-19)24(21(27)31)18-7-6-17(22(18)10-11-22)23(24,20(26)30)9-1-2-12-29-13-3-4-14-29/h5-8,15,17-18H,1-4,9-14H2,(H2,26,30)(H2,27,31)/t17-,18+,23+,24-/m1/s1. The van der Waals surface area contributed by atoms with Gasteiger partial charge in [-0.05, 0) is 81.1 Å². The molecule has 1 saturated heterocycles. The van der Waals surface area contributed by atoms with E-state index in [1.807, 2.05) is 6.07 Å². The number of allylic oxidation sites excluding steroid dienone is 2. The Morgan fingerprint density at radius 3 is 2.35 bits per heavy atom. The number of hydrogen-bond donors (Lipinski definition) is 2. The molecule has 1 spiro atoms. The van der Waals surface area contributed by atoms with Crippen molar-refractivity contribution >= 4 is 23.4 Å². The smallest absolute Gasteiger partial charge is 0.229 e. The highest BCUT2D eigenvalue weighted by molar-refractivity contribution is 6.29. The van der Waals surface area contributed by atoms with Crippen molar-refractivity contribution in [3.63, 3.8) is 0 Å². The number of aromatic nitrogens is 1. The minimum absolute atomic E-state index is 0.0579. The molecule has 1 aromatic heterocycles. The molecule has 0 aromatic carbocycles. The number of nitrogens with two attached hydrogens (primary N) is 2. The fourth-order valence-corrected chi connectivity index (χ4v) is 7.56. The van der Waals surface area contributed by atoms with Crippen LogP contribution >= 0.6 is 11.6 Å². The lowest BCUT2D eigenvalue weighted by atomic mass is 9.52. The van der Waals surface area contributed by atoms with E-state index >= 15 is 0 Å². The summed E-state index contributed by atoms with van der Waals surface area (Å²) in [5.41, 5.74) is 10.8. The number of primary amides is 2. The molecule has 166 valence electrons. The van der Waals surface area contributed by atoms with Gasteiger partial charge in [-0.1, -0.05) is 36.2 Å². The first-order valence-corrected chi connectivity index (χ1v) is 11.9. The number of amides is 2. The highest BCUT2D eigenvalue weighted by Gasteiger charge is 2.82. The molecule has 4 atom stereocenters. The van der Waals surface area contributed by atoms with E-state index in [2.05, 4.69) is 22.0 Å². The summed E-state index contributed by atoms with van der Waals surface area (Å²) in [4.78, 5) is 33.5. The summed E-state index contributed by atoms with van der Waals surface area (Å²) >= 11 is 6.05. The Balaban J connectivity index is 1.56. The average molecular weight is 443 g/mol. The van der Waals surface area contributed by atoms with Crippen LogP contribution in [-0.4, -0.2) is 41.3 Å². The van der Waals surface area contributed by atoms with Gasteiger partial charge in [0.1, 0.15) is 5.15 Å². The predicted octanol–water partition coefficient (Wildman–Crippen LogP) is 2.79. The monoisotopic (exact) mass is 442 g/mol. The van der Waals surface area contributed by atoms with E-state index in [0.717, 1.165) is 45.3 Å². The predicted molar refractivity (Wildman–Crippen MR) is 119 cm³/mol. The lowest BCUT2D eigenvalue weighted by Gasteiger charge is -2.48. The van der Waals surface area contributed by atoms with Gasteiger partial charge >= 0.3 is 0 Å². The second-order valence-electron chi connectivity index (χ2n) is 9.96. The summed E-state index contributed by atoms with van der Waals surface area (Å²) in [5.74, 6) is -1.07. The molecule has 2 saturated carbocycles. The quantitative estimate of drug-likeness (QED) is 0.367. The Morgan fingerprint density at radius 1 is 1.06 bits per heavy atom. The van der Waals surface area contributed by atoms with Gasteiger partial charge in [-0.2, -0.15) is 0 Å². The zero-order chi connectivity index (χ0) is 21.9. The topological polar surface area (TPSA) is 102 Å². The summed E-state index contributed by atoms with van der Waals surface area (Å²) in [6.07, 6.45) is 12.8. The maximum absolute atomic E-state index is 13.4. The first-order valence-electron chi connectivity index (χ1n) is 11.5. The number of hydrogen-bond acceptors (Lipinski definition) is 4. The molecular weight excluding hydrogens is 412 g/mol. The molecule has 5 rings (SSSR count). The lowest BCUT2D eigenvalue weighted by molar-refractivity contribution is -0.144. The molecule has 4 N–H and O–H groups in total. The van der Waals surface area contributed by atoms with Gasteiger partial charge in [0.15, 0.2) is 0 Å². The van der Waals surface area contributed by atoms with Gasteiger partial charge in [0, 0.05) is 12.1 Å². The van der Waals surface area contributed by atoms with Crippen LogP contribution in [0, 0.1) is 22.7 Å². The van der Waals surface area contributed by atoms with Crippen molar-refractivity contribution in [2.75, 3.05) is 19.6 Å². The molecule has 2 bridgehead atoms. The number of rotatable bonds is 8. The molecule has 3 fully saturated rings. The third kappa shape index (κ3) is 2.70. The molecule has 2 amide bonds. The minimum atomic E-state index is -1.18. The number of nitrogens with zero attached hydrogens (tertiary/aromatic N) is 2. The molecule has 1 aliphatic heterocycles. The van der Waals surface area contributed by atoms with E-state index < -0.39 is 22.6 Å². The first kappa shape index (κ1) is 21.0. The molecule has 7 heteroatoms. The van der Waals surface area contributed by atoms with Gasteiger partial charge in [-0.3, -0.25) is 9.59 Å². The van der Waals surface area contributed by atoms with Crippen molar-refractivity contribution in [3.05, 3.63) is 41.2 Å². The van der Waals surface area contributed by atoms with E-state index in [0.29, 0.717) is 17.1 Å². The van der Waals surface area contributed by atoms with E-state index in [9.17, 15) is 9.59 Å². The van der Waals surface area contributed by atoms with Gasteiger partial charge in [0.2, 0.25) is 11.8 Å². The van der Waals surface area contributed by atoms with E-state index in [1.54, 1.807) is 12.3 Å². The summed E-state index contributed by atoms with van der Waals surface area (Å²) < 4.78 is 0. The summed E-state index contributed by atoms with van der Waals surface area (Å²) in [7, 11) is 0. The zero-order valence-electron chi connectivity index (χ0n) is 17.9. The molecule has 0 unspecified atom stereocenters. The van der Waals surface area contributed by atoms with Crippen LogP contribution in [0.3, 0.4) is 0 Å². The Morgan fingerprint density at radius 2 is 1.77 bits per heavy atom. The van der Waals surface area contributed by atoms with Crippen LogP contribution in [0.15, 0.2) is 30.5 Å². The molecule has 31 heavy (non-hydrogen) atoms. The molecule has 2 heterocycles. The summed E-state index contributed by atoms with van der Waals surface area (Å²) in [6, 6.07) is 3.49. The van der Waals surface area contributed by atoms with Crippen LogP contribution in [-0.2, 0) is 15.0 Å². The normalized spacial score (nSPS) is 35.1. The van der Waals surface area contributed by atoms with Gasteiger partial charge in [0.05, 0.1) is 10.8 Å².